The maximum absolute atomic E-state index is 11.2. The molecule has 0 spiro atoms. The quantitative estimate of drug-likeness (QED) is 0.593. The fourth-order valence-corrected chi connectivity index (χ4v) is 2.50. The minimum Gasteiger partial charge on any atom is -0.390 e. The van der Waals surface area contributed by atoms with Crippen LogP contribution in [0.3, 0.4) is 0 Å². The Labute approximate surface area is 72.3 Å². The summed E-state index contributed by atoms with van der Waals surface area (Å²) in [6.45, 7) is 3.44. The Morgan fingerprint density at radius 3 is 2.83 bits per heavy atom. The van der Waals surface area contributed by atoms with Crippen molar-refractivity contribution in [3.8, 4) is 0 Å². The number of hydrogen-bond donors (Lipinski definition) is 1. The second-order valence-electron chi connectivity index (χ2n) is 4.16. The predicted molar refractivity (Wildman–Crippen MR) is 45.5 cm³/mol. The Kier molecular flexibility index (Phi) is 1.46. The van der Waals surface area contributed by atoms with Crippen LogP contribution in [0.2, 0.25) is 0 Å². The van der Waals surface area contributed by atoms with Crippen molar-refractivity contribution in [3.05, 3.63) is 12.2 Å². The lowest BCUT2D eigenvalue weighted by molar-refractivity contribution is -0.120. The topological polar surface area (TPSA) is 37.3 Å². The van der Waals surface area contributed by atoms with Gasteiger partial charge in [-0.05, 0) is 26.2 Å². The van der Waals surface area contributed by atoms with Gasteiger partial charge in [-0.15, -0.1) is 0 Å². The van der Waals surface area contributed by atoms with Crippen LogP contribution in [0.4, 0.5) is 0 Å². The van der Waals surface area contributed by atoms with Gasteiger partial charge in [0.15, 0.2) is 0 Å². The van der Waals surface area contributed by atoms with Gasteiger partial charge >= 0.3 is 0 Å². The van der Waals surface area contributed by atoms with E-state index in [9.17, 15) is 9.90 Å². The van der Waals surface area contributed by atoms with Gasteiger partial charge in [0.1, 0.15) is 5.78 Å². The van der Waals surface area contributed by atoms with Crippen LogP contribution in [-0.4, -0.2) is 16.5 Å². The second-order valence-corrected chi connectivity index (χ2v) is 4.16. The maximum Gasteiger partial charge on any atom is 0.137 e. The molecule has 2 rings (SSSR count). The van der Waals surface area contributed by atoms with Crippen LogP contribution >= 0.6 is 0 Å². The number of fused-ring (bicyclic) bond motifs is 1. The van der Waals surface area contributed by atoms with Gasteiger partial charge in [0, 0.05) is 11.8 Å². The summed E-state index contributed by atoms with van der Waals surface area (Å²) in [7, 11) is 0. The predicted octanol–water partition coefficient (Wildman–Crippen LogP) is 1.15. The smallest absolute Gasteiger partial charge is 0.137 e. The van der Waals surface area contributed by atoms with Gasteiger partial charge in [0.2, 0.25) is 0 Å². The first kappa shape index (κ1) is 7.99. The van der Waals surface area contributed by atoms with Crippen molar-refractivity contribution < 1.29 is 9.90 Å². The largest absolute Gasteiger partial charge is 0.390 e. The fraction of sp³-hybridized carbons (Fsp3) is 0.700. The number of carbonyl (C=O) groups excluding carboxylic acids is 1. The van der Waals surface area contributed by atoms with Crippen molar-refractivity contribution in [2.24, 2.45) is 17.8 Å². The molecule has 0 aromatic heterocycles. The highest BCUT2D eigenvalue weighted by Gasteiger charge is 2.63. The highest BCUT2D eigenvalue weighted by molar-refractivity contribution is 5.81. The van der Waals surface area contributed by atoms with Gasteiger partial charge in [0.25, 0.3) is 0 Å². The first-order valence-electron chi connectivity index (χ1n) is 4.44. The van der Waals surface area contributed by atoms with Crippen molar-refractivity contribution >= 4 is 5.78 Å². The molecule has 0 aromatic carbocycles. The van der Waals surface area contributed by atoms with Crippen molar-refractivity contribution in [3.63, 3.8) is 0 Å². The highest BCUT2D eigenvalue weighted by atomic mass is 16.3. The van der Waals surface area contributed by atoms with E-state index in [2.05, 4.69) is 0 Å². The lowest BCUT2D eigenvalue weighted by Crippen LogP contribution is -2.17. The van der Waals surface area contributed by atoms with Crippen LogP contribution in [0.1, 0.15) is 20.3 Å². The third kappa shape index (κ3) is 0.876. The Bertz CT molecular complexity index is 253. The van der Waals surface area contributed by atoms with Gasteiger partial charge in [-0.3, -0.25) is 4.79 Å². The second kappa shape index (κ2) is 2.19. The number of hydrogen-bond acceptors (Lipinski definition) is 2. The molecule has 0 saturated heterocycles. The molecule has 12 heavy (non-hydrogen) atoms. The SMILES string of the molecule is CC(=O)[C@H]1C=CC[C@H]2[C@@H]1C2(C)O. The average Bonchev–Trinajstić information content (AvgIpc) is 2.55. The number of rotatable bonds is 1. The molecule has 0 aromatic rings. The molecule has 0 aliphatic heterocycles. The average molecular weight is 166 g/mol. The Hall–Kier alpha value is -0.630. The minimum absolute atomic E-state index is 0.0289. The van der Waals surface area contributed by atoms with E-state index in [1.165, 1.54) is 0 Å². The standard InChI is InChI=1S/C10H14O2/c1-6(11)7-4-3-5-8-9(7)10(8,2)12/h3-4,7-9,12H,5H2,1-2H3/t7-,8+,9-,10?/m1/s1. The van der Waals surface area contributed by atoms with E-state index in [0.29, 0.717) is 5.92 Å². The van der Waals surface area contributed by atoms with E-state index in [-0.39, 0.29) is 17.6 Å². The Morgan fingerprint density at radius 2 is 2.33 bits per heavy atom. The van der Waals surface area contributed by atoms with Crippen molar-refractivity contribution in [1.82, 2.24) is 0 Å². The molecule has 1 saturated carbocycles. The van der Waals surface area contributed by atoms with E-state index in [1.54, 1.807) is 6.92 Å². The molecule has 1 unspecified atom stereocenters. The first-order valence-corrected chi connectivity index (χ1v) is 4.44. The summed E-state index contributed by atoms with van der Waals surface area (Å²) >= 11 is 0. The lowest BCUT2D eigenvalue weighted by Gasteiger charge is -2.11. The molecule has 2 heteroatoms. The normalized spacial score (nSPS) is 50.1. The van der Waals surface area contributed by atoms with Gasteiger partial charge in [0.05, 0.1) is 5.60 Å². The number of carbonyl (C=O) groups is 1. The molecule has 1 N–H and O–H groups in total. The van der Waals surface area contributed by atoms with Crippen molar-refractivity contribution in [1.29, 1.82) is 0 Å². The summed E-state index contributed by atoms with van der Waals surface area (Å²) in [6, 6.07) is 0. The lowest BCUT2D eigenvalue weighted by atomic mass is 9.92. The number of ketones is 1. The monoisotopic (exact) mass is 166 g/mol. The molecule has 0 bridgehead atoms. The molecule has 2 aliphatic carbocycles. The van der Waals surface area contributed by atoms with Crippen LogP contribution in [-0.2, 0) is 4.79 Å². The zero-order valence-electron chi connectivity index (χ0n) is 7.45. The van der Waals surface area contributed by atoms with Crippen LogP contribution in [0.15, 0.2) is 12.2 Å². The summed E-state index contributed by atoms with van der Waals surface area (Å²) in [6.07, 6.45) is 4.90. The zero-order valence-corrected chi connectivity index (χ0v) is 7.45. The first-order chi connectivity index (χ1) is 5.55. The van der Waals surface area contributed by atoms with E-state index in [4.69, 9.17) is 0 Å². The fourth-order valence-electron chi connectivity index (χ4n) is 2.50. The molecule has 0 radical (unpaired) electrons. The molecule has 0 amide bonds. The van der Waals surface area contributed by atoms with E-state index in [0.717, 1.165) is 6.42 Å². The summed E-state index contributed by atoms with van der Waals surface area (Å²) < 4.78 is 0. The van der Waals surface area contributed by atoms with Crippen molar-refractivity contribution in [2.75, 3.05) is 0 Å². The van der Waals surface area contributed by atoms with Gasteiger partial charge in [-0.25, -0.2) is 0 Å². The molecule has 4 atom stereocenters. The minimum atomic E-state index is -0.583. The highest BCUT2D eigenvalue weighted by Crippen LogP contribution is 2.58. The van der Waals surface area contributed by atoms with E-state index < -0.39 is 5.60 Å². The summed E-state index contributed by atoms with van der Waals surface area (Å²) in [5, 5.41) is 9.82. The third-order valence-corrected chi connectivity index (χ3v) is 3.34. The Morgan fingerprint density at radius 1 is 1.67 bits per heavy atom. The van der Waals surface area contributed by atoms with Crippen molar-refractivity contribution in [2.45, 2.75) is 25.9 Å². The van der Waals surface area contributed by atoms with Gasteiger partial charge < -0.3 is 5.11 Å². The van der Waals surface area contributed by atoms with Crippen LogP contribution in [0.25, 0.3) is 0 Å². The van der Waals surface area contributed by atoms with Crippen LogP contribution in [0.5, 0.6) is 0 Å². The van der Waals surface area contributed by atoms with Gasteiger partial charge in [-0.2, -0.15) is 0 Å². The number of aliphatic hydroxyl groups is 1. The molecular formula is C10H14O2. The Balaban J connectivity index is 2.22. The maximum atomic E-state index is 11.2. The molecule has 2 aliphatic rings. The summed E-state index contributed by atoms with van der Waals surface area (Å²) in [5.74, 6) is 0.675. The van der Waals surface area contributed by atoms with E-state index in [1.807, 2.05) is 19.1 Å². The summed E-state index contributed by atoms with van der Waals surface area (Å²) in [4.78, 5) is 11.2. The molecular weight excluding hydrogens is 152 g/mol. The van der Waals surface area contributed by atoms with Gasteiger partial charge in [-0.1, -0.05) is 12.2 Å². The van der Waals surface area contributed by atoms with Crippen LogP contribution < -0.4 is 0 Å². The third-order valence-electron chi connectivity index (χ3n) is 3.34. The molecule has 1 fully saturated rings. The molecule has 0 heterocycles. The number of Topliss-reactive ketones (excluding diaryl/α,β-unsaturated/α-hetero) is 1. The number of allylic oxidation sites excluding steroid dienone is 2. The van der Waals surface area contributed by atoms with E-state index >= 15 is 0 Å². The molecule has 66 valence electrons. The summed E-state index contributed by atoms with van der Waals surface area (Å²) in [5.41, 5.74) is -0.583. The van der Waals surface area contributed by atoms with Crippen LogP contribution in [0, 0.1) is 17.8 Å². The molecule has 2 nitrogen and oxygen atoms in total. The zero-order chi connectivity index (χ0) is 8.93.